The standard InChI is InChI=1S/C20H26FN7O3/c1-12(19-23-25-26-24-19)14-5-7-27(8-6-14)18-4-3-15(9-17(18)21)28-11-16(31-20(28)30)10-22-13(2)29/h3-4,9,12,14,16H,5-8,10-11H2,1-2H3,(H,22,29)(H,23,24,25,26). The molecule has 2 amide bonds. The second kappa shape index (κ2) is 8.86. The quantitative estimate of drug-likeness (QED) is 0.717. The Kier molecular flexibility index (Phi) is 6.01. The molecule has 2 aliphatic rings. The van der Waals surface area contributed by atoms with Gasteiger partial charge in [-0.2, -0.15) is 5.21 Å². The highest BCUT2D eigenvalue weighted by Crippen LogP contribution is 2.34. The molecule has 0 spiro atoms. The maximum atomic E-state index is 14.9. The molecule has 2 fully saturated rings. The SMILES string of the molecule is CC(=O)NCC1CN(c2ccc(N3CCC(C(C)c4nn[nH]n4)CC3)c(F)c2)C(=O)O1. The van der Waals surface area contributed by atoms with Crippen LogP contribution in [0.4, 0.5) is 20.6 Å². The number of carbonyl (C=O) groups is 2. The van der Waals surface area contributed by atoms with Crippen LogP contribution in [-0.4, -0.2) is 64.9 Å². The van der Waals surface area contributed by atoms with E-state index in [1.807, 2.05) is 4.90 Å². The van der Waals surface area contributed by atoms with E-state index in [2.05, 4.69) is 32.9 Å². The number of anilines is 2. The molecule has 2 aromatic rings. The number of piperidine rings is 1. The fraction of sp³-hybridized carbons (Fsp3) is 0.550. The first-order chi connectivity index (χ1) is 14.9. The second-order valence-electron chi connectivity index (χ2n) is 8.07. The number of nitrogens with zero attached hydrogens (tertiary/aromatic N) is 5. The van der Waals surface area contributed by atoms with Crippen molar-refractivity contribution in [2.45, 2.75) is 38.7 Å². The van der Waals surface area contributed by atoms with Gasteiger partial charge in [0.1, 0.15) is 11.9 Å². The summed E-state index contributed by atoms with van der Waals surface area (Å²) in [7, 11) is 0. The number of tetrazole rings is 1. The number of hydrogen-bond donors (Lipinski definition) is 2. The number of H-pyrrole nitrogens is 1. The number of ether oxygens (including phenoxy) is 1. The van der Waals surface area contributed by atoms with E-state index in [1.54, 1.807) is 12.1 Å². The van der Waals surface area contributed by atoms with Gasteiger partial charge in [-0.1, -0.05) is 12.1 Å². The molecule has 2 atom stereocenters. The van der Waals surface area contributed by atoms with Crippen molar-refractivity contribution in [3.8, 4) is 0 Å². The monoisotopic (exact) mass is 431 g/mol. The Hall–Kier alpha value is -3.24. The number of nitrogens with one attached hydrogen (secondary N) is 2. The van der Waals surface area contributed by atoms with Gasteiger partial charge in [0.2, 0.25) is 5.91 Å². The molecule has 4 rings (SSSR count). The van der Waals surface area contributed by atoms with Crippen molar-refractivity contribution in [3.05, 3.63) is 29.8 Å². The first-order valence-electron chi connectivity index (χ1n) is 10.4. The highest BCUT2D eigenvalue weighted by Gasteiger charge is 2.33. The van der Waals surface area contributed by atoms with Gasteiger partial charge in [-0.25, -0.2) is 9.18 Å². The lowest BCUT2D eigenvalue weighted by atomic mass is 9.85. The van der Waals surface area contributed by atoms with Crippen LogP contribution in [0.5, 0.6) is 0 Å². The minimum atomic E-state index is -0.543. The molecule has 0 bridgehead atoms. The average molecular weight is 431 g/mol. The van der Waals surface area contributed by atoms with Crippen molar-refractivity contribution in [2.75, 3.05) is 36.0 Å². The normalized spacial score (nSPS) is 20.6. The number of aromatic nitrogens is 4. The predicted molar refractivity (Wildman–Crippen MR) is 110 cm³/mol. The molecule has 0 saturated carbocycles. The molecular formula is C20H26FN7O3. The van der Waals surface area contributed by atoms with Gasteiger partial charge in [-0.05, 0) is 37.0 Å². The van der Waals surface area contributed by atoms with Gasteiger partial charge in [0.15, 0.2) is 5.82 Å². The molecule has 1 aromatic heterocycles. The average Bonchev–Trinajstić information content (AvgIpc) is 3.42. The molecule has 2 saturated heterocycles. The van der Waals surface area contributed by atoms with E-state index in [9.17, 15) is 14.0 Å². The number of carbonyl (C=O) groups excluding carboxylic acids is 2. The van der Waals surface area contributed by atoms with Crippen molar-refractivity contribution in [1.82, 2.24) is 25.9 Å². The Morgan fingerprint density at radius 3 is 2.81 bits per heavy atom. The lowest BCUT2D eigenvalue weighted by Gasteiger charge is -2.35. The fourth-order valence-electron chi connectivity index (χ4n) is 4.23. The summed E-state index contributed by atoms with van der Waals surface area (Å²) >= 11 is 0. The lowest BCUT2D eigenvalue weighted by molar-refractivity contribution is -0.119. The van der Waals surface area contributed by atoms with E-state index < -0.39 is 12.2 Å². The summed E-state index contributed by atoms with van der Waals surface area (Å²) in [5.74, 6) is 0.750. The van der Waals surface area contributed by atoms with Gasteiger partial charge in [0.05, 0.1) is 24.5 Å². The molecular weight excluding hydrogens is 405 g/mol. The summed E-state index contributed by atoms with van der Waals surface area (Å²) in [6.45, 7) is 5.44. The van der Waals surface area contributed by atoms with Gasteiger partial charge >= 0.3 is 6.09 Å². The van der Waals surface area contributed by atoms with Gasteiger partial charge in [-0.3, -0.25) is 9.69 Å². The Bertz CT molecular complexity index is 931. The van der Waals surface area contributed by atoms with Crippen LogP contribution in [0.25, 0.3) is 0 Å². The Morgan fingerprint density at radius 1 is 1.39 bits per heavy atom. The molecule has 1 aromatic carbocycles. The van der Waals surface area contributed by atoms with Crippen LogP contribution in [0, 0.1) is 11.7 Å². The van der Waals surface area contributed by atoms with Crippen molar-refractivity contribution < 1.29 is 18.7 Å². The van der Waals surface area contributed by atoms with Crippen LogP contribution in [-0.2, 0) is 9.53 Å². The first-order valence-corrected chi connectivity index (χ1v) is 10.4. The minimum Gasteiger partial charge on any atom is -0.442 e. The van der Waals surface area contributed by atoms with Crippen LogP contribution in [0.3, 0.4) is 0 Å². The highest BCUT2D eigenvalue weighted by molar-refractivity contribution is 5.90. The molecule has 2 aliphatic heterocycles. The molecule has 166 valence electrons. The van der Waals surface area contributed by atoms with Crippen LogP contribution >= 0.6 is 0 Å². The third kappa shape index (κ3) is 4.59. The van der Waals surface area contributed by atoms with E-state index in [1.165, 1.54) is 17.9 Å². The van der Waals surface area contributed by atoms with Crippen LogP contribution in [0.1, 0.15) is 38.4 Å². The Labute approximate surface area is 179 Å². The van der Waals surface area contributed by atoms with Gasteiger partial charge in [0.25, 0.3) is 0 Å². The van der Waals surface area contributed by atoms with E-state index in [4.69, 9.17) is 4.74 Å². The number of aromatic amines is 1. The molecule has 0 aliphatic carbocycles. The van der Waals surface area contributed by atoms with Gasteiger partial charge in [-0.15, -0.1) is 10.2 Å². The molecule has 11 heteroatoms. The molecule has 3 heterocycles. The third-order valence-corrected chi connectivity index (χ3v) is 6.05. The first kappa shape index (κ1) is 21.0. The molecule has 2 N–H and O–H groups in total. The van der Waals surface area contributed by atoms with Crippen molar-refractivity contribution in [1.29, 1.82) is 0 Å². The molecule has 31 heavy (non-hydrogen) atoms. The second-order valence-corrected chi connectivity index (χ2v) is 8.07. The lowest BCUT2D eigenvalue weighted by Crippen LogP contribution is -2.36. The van der Waals surface area contributed by atoms with Crippen LogP contribution in [0.15, 0.2) is 18.2 Å². The van der Waals surface area contributed by atoms with Gasteiger partial charge < -0.3 is 15.0 Å². The smallest absolute Gasteiger partial charge is 0.414 e. The number of hydrogen-bond acceptors (Lipinski definition) is 7. The zero-order valence-electron chi connectivity index (χ0n) is 17.5. The molecule has 2 unspecified atom stereocenters. The summed E-state index contributed by atoms with van der Waals surface area (Å²) in [6.07, 6.45) is 0.804. The number of halogens is 1. The Balaban J connectivity index is 1.37. The molecule has 0 radical (unpaired) electrons. The topological polar surface area (TPSA) is 116 Å². The zero-order valence-corrected chi connectivity index (χ0v) is 17.5. The maximum absolute atomic E-state index is 14.9. The van der Waals surface area contributed by atoms with Crippen LogP contribution in [0.2, 0.25) is 0 Å². The van der Waals surface area contributed by atoms with Gasteiger partial charge in [0, 0.05) is 25.9 Å². The number of amides is 2. The zero-order chi connectivity index (χ0) is 22.0. The molecule has 10 nitrogen and oxygen atoms in total. The predicted octanol–water partition coefficient (Wildman–Crippen LogP) is 1.82. The van der Waals surface area contributed by atoms with E-state index in [0.29, 0.717) is 23.1 Å². The number of rotatable bonds is 6. The summed E-state index contributed by atoms with van der Waals surface area (Å²) in [4.78, 5) is 26.6. The minimum absolute atomic E-state index is 0.194. The summed E-state index contributed by atoms with van der Waals surface area (Å²) in [5, 5.41) is 16.9. The van der Waals surface area contributed by atoms with Crippen LogP contribution < -0.4 is 15.1 Å². The fourth-order valence-corrected chi connectivity index (χ4v) is 4.23. The van der Waals surface area contributed by atoms with Crippen molar-refractivity contribution in [3.63, 3.8) is 0 Å². The van der Waals surface area contributed by atoms with Crippen molar-refractivity contribution in [2.24, 2.45) is 5.92 Å². The number of benzene rings is 1. The third-order valence-electron chi connectivity index (χ3n) is 6.05. The largest absolute Gasteiger partial charge is 0.442 e. The maximum Gasteiger partial charge on any atom is 0.414 e. The summed E-state index contributed by atoms with van der Waals surface area (Å²) < 4.78 is 20.2. The van der Waals surface area contributed by atoms with E-state index >= 15 is 0 Å². The number of cyclic esters (lactones) is 1. The highest BCUT2D eigenvalue weighted by atomic mass is 19.1. The summed E-state index contributed by atoms with van der Waals surface area (Å²) in [5.41, 5.74) is 0.967. The summed E-state index contributed by atoms with van der Waals surface area (Å²) in [6, 6.07) is 4.81. The van der Waals surface area contributed by atoms with Crippen molar-refractivity contribution >= 4 is 23.4 Å². The van der Waals surface area contributed by atoms with E-state index in [0.717, 1.165) is 25.9 Å². The van der Waals surface area contributed by atoms with E-state index in [-0.39, 0.29) is 30.7 Å². The Morgan fingerprint density at radius 2 is 2.16 bits per heavy atom.